The van der Waals surface area contributed by atoms with E-state index in [2.05, 4.69) is 10.2 Å². The van der Waals surface area contributed by atoms with E-state index in [-0.39, 0.29) is 6.09 Å². The summed E-state index contributed by atoms with van der Waals surface area (Å²) in [4.78, 5) is 16.5. The molecule has 1 aliphatic carbocycles. The van der Waals surface area contributed by atoms with Crippen molar-refractivity contribution >= 4 is 6.09 Å². The molecule has 1 atom stereocenters. The molecular weight excluding hydrogens is 278 g/mol. The summed E-state index contributed by atoms with van der Waals surface area (Å²) in [5, 5.41) is 3.47. The summed E-state index contributed by atoms with van der Waals surface area (Å²) >= 11 is 0. The average Bonchev–Trinajstić information content (AvgIpc) is 3.10. The van der Waals surface area contributed by atoms with E-state index in [1.165, 1.54) is 38.9 Å². The van der Waals surface area contributed by atoms with Crippen LogP contribution in [0.5, 0.6) is 0 Å². The number of piperidine rings is 1. The fraction of sp³-hybridized carbons (Fsp3) is 0.941. The Bertz CT molecular complexity index is 405. The van der Waals surface area contributed by atoms with Crippen LogP contribution in [-0.2, 0) is 4.74 Å². The number of hydrogen-bond donors (Lipinski definition) is 1. The molecule has 3 rings (SSSR count). The minimum absolute atomic E-state index is 0.159. The number of piperazine rings is 1. The summed E-state index contributed by atoms with van der Waals surface area (Å²) in [6, 6.07) is 0. The molecule has 1 N–H and O–H groups in total. The fourth-order valence-electron chi connectivity index (χ4n) is 3.98. The smallest absolute Gasteiger partial charge is 0.410 e. The van der Waals surface area contributed by atoms with Crippen molar-refractivity contribution in [2.45, 2.75) is 45.6 Å². The Balaban J connectivity index is 1.40. The van der Waals surface area contributed by atoms with Gasteiger partial charge in [-0.2, -0.15) is 0 Å². The lowest BCUT2D eigenvalue weighted by atomic mass is 9.92. The first kappa shape index (κ1) is 16.1. The predicted molar refractivity (Wildman–Crippen MR) is 86.9 cm³/mol. The van der Waals surface area contributed by atoms with Gasteiger partial charge in [-0.25, -0.2) is 4.79 Å². The predicted octanol–water partition coefficient (Wildman–Crippen LogP) is 1.93. The molecule has 3 fully saturated rings. The molecule has 0 aromatic rings. The number of ether oxygens (including phenoxy) is 1. The lowest BCUT2D eigenvalue weighted by molar-refractivity contribution is 0.0138. The maximum Gasteiger partial charge on any atom is 0.410 e. The Morgan fingerprint density at radius 2 is 1.82 bits per heavy atom. The van der Waals surface area contributed by atoms with E-state index >= 15 is 0 Å². The number of carbonyl (C=O) groups is 1. The lowest BCUT2D eigenvalue weighted by Gasteiger charge is -2.36. The third-order valence-electron chi connectivity index (χ3n) is 5.46. The third kappa shape index (κ3) is 3.74. The summed E-state index contributed by atoms with van der Waals surface area (Å²) in [5.41, 5.74) is 0.261. The summed E-state index contributed by atoms with van der Waals surface area (Å²) in [6.07, 6.45) is 3.97. The third-order valence-corrected chi connectivity index (χ3v) is 5.46. The number of rotatable bonds is 2. The molecule has 2 aliphatic heterocycles. The molecule has 2 saturated heterocycles. The molecule has 5 nitrogen and oxygen atoms in total. The van der Waals surface area contributed by atoms with Gasteiger partial charge >= 0.3 is 6.09 Å². The standard InChI is InChI=1S/C17H31N3O2/c1-16(2,3)22-15(21)20-10-8-19(9-11-20)13-14-12-17(14)4-6-18-7-5-17/h14,18H,4-13H2,1-3H3. The molecule has 5 heteroatoms. The van der Waals surface area contributed by atoms with E-state index in [0.29, 0.717) is 5.41 Å². The molecule has 0 bridgehead atoms. The highest BCUT2D eigenvalue weighted by Gasteiger charge is 2.53. The van der Waals surface area contributed by atoms with Crippen molar-refractivity contribution in [2.24, 2.45) is 11.3 Å². The normalized spacial score (nSPS) is 28.7. The summed E-state index contributed by atoms with van der Waals surface area (Å²) in [7, 11) is 0. The zero-order valence-electron chi connectivity index (χ0n) is 14.4. The highest BCUT2D eigenvalue weighted by molar-refractivity contribution is 5.68. The van der Waals surface area contributed by atoms with Crippen molar-refractivity contribution in [3.63, 3.8) is 0 Å². The van der Waals surface area contributed by atoms with Crippen LogP contribution in [0, 0.1) is 11.3 Å². The van der Waals surface area contributed by atoms with Crippen LogP contribution in [0.1, 0.15) is 40.0 Å². The molecule has 0 radical (unpaired) electrons. The molecule has 126 valence electrons. The van der Waals surface area contributed by atoms with Crippen LogP contribution in [-0.4, -0.2) is 67.3 Å². The molecule has 2 heterocycles. The molecule has 1 spiro atoms. The second kappa shape index (κ2) is 6.00. The van der Waals surface area contributed by atoms with Crippen molar-refractivity contribution in [1.82, 2.24) is 15.1 Å². The summed E-state index contributed by atoms with van der Waals surface area (Å²) < 4.78 is 5.46. The minimum atomic E-state index is -0.399. The molecule has 1 unspecified atom stereocenters. The van der Waals surface area contributed by atoms with Crippen molar-refractivity contribution < 1.29 is 9.53 Å². The number of nitrogens with one attached hydrogen (secondary N) is 1. The van der Waals surface area contributed by atoms with Crippen LogP contribution in [0.15, 0.2) is 0 Å². The zero-order valence-corrected chi connectivity index (χ0v) is 14.4. The molecule has 1 saturated carbocycles. The van der Waals surface area contributed by atoms with Gasteiger partial charge in [0.1, 0.15) is 5.60 Å². The van der Waals surface area contributed by atoms with Crippen molar-refractivity contribution in [3.05, 3.63) is 0 Å². The quantitative estimate of drug-likeness (QED) is 0.846. The highest BCUT2D eigenvalue weighted by atomic mass is 16.6. The number of amides is 1. The van der Waals surface area contributed by atoms with Gasteiger partial charge in [-0.15, -0.1) is 0 Å². The summed E-state index contributed by atoms with van der Waals surface area (Å²) in [6.45, 7) is 13.0. The zero-order chi connectivity index (χ0) is 15.8. The van der Waals surface area contributed by atoms with E-state index in [0.717, 1.165) is 32.1 Å². The van der Waals surface area contributed by atoms with E-state index in [4.69, 9.17) is 4.74 Å². The van der Waals surface area contributed by atoms with Gasteiger partial charge in [0.25, 0.3) is 0 Å². The Morgan fingerprint density at radius 3 is 2.41 bits per heavy atom. The van der Waals surface area contributed by atoms with E-state index in [1.54, 1.807) is 0 Å². The van der Waals surface area contributed by atoms with Crippen LogP contribution >= 0.6 is 0 Å². The van der Waals surface area contributed by atoms with Crippen LogP contribution in [0.25, 0.3) is 0 Å². The summed E-state index contributed by atoms with van der Waals surface area (Å²) in [5.74, 6) is 0.891. The second-order valence-corrected chi connectivity index (χ2v) is 8.28. The lowest BCUT2D eigenvalue weighted by Crippen LogP contribution is -2.50. The van der Waals surface area contributed by atoms with Gasteiger partial charge in [-0.05, 0) is 64.5 Å². The van der Waals surface area contributed by atoms with E-state index in [1.807, 2.05) is 25.7 Å². The number of carbonyl (C=O) groups excluding carboxylic acids is 1. The number of hydrogen-bond acceptors (Lipinski definition) is 4. The van der Waals surface area contributed by atoms with Crippen LogP contribution in [0.3, 0.4) is 0 Å². The Labute approximate surface area is 134 Å². The maximum atomic E-state index is 12.1. The number of nitrogens with zero attached hydrogens (tertiary/aromatic N) is 2. The monoisotopic (exact) mass is 309 g/mol. The van der Waals surface area contributed by atoms with Gasteiger partial charge in [0, 0.05) is 32.7 Å². The Morgan fingerprint density at radius 1 is 1.18 bits per heavy atom. The van der Waals surface area contributed by atoms with Gasteiger partial charge in [-0.1, -0.05) is 0 Å². The fourth-order valence-corrected chi connectivity index (χ4v) is 3.98. The minimum Gasteiger partial charge on any atom is -0.444 e. The van der Waals surface area contributed by atoms with E-state index in [9.17, 15) is 4.79 Å². The molecule has 22 heavy (non-hydrogen) atoms. The Kier molecular flexibility index (Phi) is 4.38. The van der Waals surface area contributed by atoms with Gasteiger partial charge in [0.2, 0.25) is 0 Å². The van der Waals surface area contributed by atoms with Gasteiger partial charge in [0.15, 0.2) is 0 Å². The van der Waals surface area contributed by atoms with Crippen molar-refractivity contribution in [3.8, 4) is 0 Å². The highest BCUT2D eigenvalue weighted by Crippen LogP contribution is 2.58. The molecule has 0 aromatic carbocycles. The first-order valence-corrected chi connectivity index (χ1v) is 8.79. The molecule has 1 amide bonds. The first-order valence-electron chi connectivity index (χ1n) is 8.79. The van der Waals surface area contributed by atoms with Gasteiger partial charge in [0.05, 0.1) is 0 Å². The SMILES string of the molecule is CC(C)(C)OC(=O)N1CCN(CC2CC23CCNCC3)CC1. The molecule has 3 aliphatic rings. The Hall–Kier alpha value is -0.810. The molecule has 0 aromatic heterocycles. The second-order valence-electron chi connectivity index (χ2n) is 8.28. The van der Waals surface area contributed by atoms with Crippen LogP contribution < -0.4 is 5.32 Å². The van der Waals surface area contributed by atoms with Crippen molar-refractivity contribution in [1.29, 1.82) is 0 Å². The largest absolute Gasteiger partial charge is 0.444 e. The average molecular weight is 309 g/mol. The van der Waals surface area contributed by atoms with Gasteiger partial charge in [-0.3, -0.25) is 4.90 Å². The van der Waals surface area contributed by atoms with Gasteiger partial charge < -0.3 is 15.0 Å². The molecular formula is C17H31N3O2. The topological polar surface area (TPSA) is 44.8 Å². The maximum absolute atomic E-state index is 12.1. The van der Waals surface area contributed by atoms with Crippen LogP contribution in [0.2, 0.25) is 0 Å². The first-order chi connectivity index (χ1) is 10.4. The van der Waals surface area contributed by atoms with Crippen molar-refractivity contribution in [2.75, 3.05) is 45.8 Å². The van der Waals surface area contributed by atoms with Crippen LogP contribution in [0.4, 0.5) is 4.79 Å². The van der Waals surface area contributed by atoms with E-state index < -0.39 is 5.60 Å².